The maximum Gasteiger partial charge on any atom is 0.228 e. The number of ether oxygens (including phenoxy) is 1. The SMILES string of the molecule is CNC(Cc1nc(CC(C)OC)no1)C1CC1. The van der Waals surface area contributed by atoms with Crippen LogP contribution in [-0.4, -0.2) is 36.4 Å². The quantitative estimate of drug-likeness (QED) is 0.774. The average Bonchev–Trinajstić information content (AvgIpc) is 3.08. The molecule has 2 unspecified atom stereocenters. The molecule has 1 aliphatic carbocycles. The first-order valence-corrected chi connectivity index (χ1v) is 6.24. The highest BCUT2D eigenvalue weighted by molar-refractivity contribution is 4.95. The molecule has 5 nitrogen and oxygen atoms in total. The summed E-state index contributed by atoms with van der Waals surface area (Å²) in [7, 11) is 3.68. The minimum absolute atomic E-state index is 0.129. The zero-order valence-corrected chi connectivity index (χ0v) is 10.8. The van der Waals surface area contributed by atoms with Crippen LogP contribution in [0.1, 0.15) is 31.5 Å². The van der Waals surface area contributed by atoms with Gasteiger partial charge in [0.05, 0.1) is 6.10 Å². The highest BCUT2D eigenvalue weighted by Gasteiger charge is 2.31. The van der Waals surface area contributed by atoms with Crippen molar-refractivity contribution in [2.75, 3.05) is 14.2 Å². The largest absolute Gasteiger partial charge is 0.381 e. The summed E-state index contributed by atoms with van der Waals surface area (Å²) in [4.78, 5) is 4.40. The number of nitrogens with one attached hydrogen (secondary N) is 1. The van der Waals surface area contributed by atoms with E-state index >= 15 is 0 Å². The van der Waals surface area contributed by atoms with Crippen LogP contribution in [0.15, 0.2) is 4.52 Å². The molecule has 17 heavy (non-hydrogen) atoms. The molecule has 0 saturated heterocycles. The Hall–Kier alpha value is -0.940. The van der Waals surface area contributed by atoms with Crippen molar-refractivity contribution in [3.05, 3.63) is 11.7 Å². The molecule has 0 amide bonds. The number of nitrogens with zero attached hydrogens (tertiary/aromatic N) is 2. The van der Waals surface area contributed by atoms with E-state index in [0.717, 1.165) is 24.1 Å². The van der Waals surface area contributed by atoms with Gasteiger partial charge in [0, 0.05) is 26.0 Å². The van der Waals surface area contributed by atoms with E-state index in [2.05, 4.69) is 15.5 Å². The number of hydrogen-bond donors (Lipinski definition) is 1. The van der Waals surface area contributed by atoms with Gasteiger partial charge in [-0.15, -0.1) is 0 Å². The first-order chi connectivity index (χ1) is 8.22. The maximum absolute atomic E-state index is 5.26. The Morgan fingerprint density at radius 2 is 2.24 bits per heavy atom. The Balaban J connectivity index is 1.88. The second-order valence-corrected chi connectivity index (χ2v) is 4.79. The van der Waals surface area contributed by atoms with Crippen molar-refractivity contribution < 1.29 is 9.26 Å². The minimum atomic E-state index is 0.129. The van der Waals surface area contributed by atoms with Crippen molar-refractivity contribution in [2.45, 2.75) is 44.8 Å². The van der Waals surface area contributed by atoms with E-state index < -0.39 is 0 Å². The van der Waals surface area contributed by atoms with Crippen LogP contribution in [0.25, 0.3) is 0 Å². The molecule has 1 fully saturated rings. The smallest absolute Gasteiger partial charge is 0.228 e. The van der Waals surface area contributed by atoms with Crippen molar-refractivity contribution in [3.8, 4) is 0 Å². The van der Waals surface area contributed by atoms with Gasteiger partial charge in [-0.25, -0.2) is 0 Å². The maximum atomic E-state index is 5.26. The first-order valence-electron chi connectivity index (χ1n) is 6.24. The molecular formula is C12H21N3O2. The Bertz CT molecular complexity index is 349. The Kier molecular flexibility index (Phi) is 4.12. The van der Waals surface area contributed by atoms with Gasteiger partial charge in [0.1, 0.15) is 0 Å². The number of hydrogen-bond acceptors (Lipinski definition) is 5. The molecule has 1 aromatic rings. The molecule has 5 heteroatoms. The fraction of sp³-hybridized carbons (Fsp3) is 0.833. The zero-order valence-electron chi connectivity index (χ0n) is 10.8. The lowest BCUT2D eigenvalue weighted by Crippen LogP contribution is -2.29. The van der Waals surface area contributed by atoms with E-state index in [0.29, 0.717) is 12.5 Å². The fourth-order valence-electron chi connectivity index (χ4n) is 1.99. The summed E-state index contributed by atoms with van der Waals surface area (Å²) < 4.78 is 10.4. The third-order valence-electron chi connectivity index (χ3n) is 3.34. The summed E-state index contributed by atoms with van der Waals surface area (Å²) in [5.74, 6) is 2.25. The van der Waals surface area contributed by atoms with Gasteiger partial charge in [-0.1, -0.05) is 5.16 Å². The van der Waals surface area contributed by atoms with Crippen molar-refractivity contribution >= 4 is 0 Å². The van der Waals surface area contributed by atoms with Crippen molar-refractivity contribution in [2.24, 2.45) is 5.92 Å². The predicted molar refractivity (Wildman–Crippen MR) is 63.7 cm³/mol. The highest BCUT2D eigenvalue weighted by atomic mass is 16.5. The molecule has 1 saturated carbocycles. The lowest BCUT2D eigenvalue weighted by molar-refractivity contribution is 0.116. The van der Waals surface area contributed by atoms with Gasteiger partial charge in [0.15, 0.2) is 5.82 Å². The standard InChI is InChI=1S/C12H21N3O2/c1-8(16-3)6-11-14-12(17-15-11)7-10(13-2)9-4-5-9/h8-10,13H,4-7H2,1-3H3. The molecular weight excluding hydrogens is 218 g/mol. The fourth-order valence-corrected chi connectivity index (χ4v) is 1.99. The van der Waals surface area contributed by atoms with Crippen LogP contribution in [0.5, 0.6) is 0 Å². The molecule has 0 spiro atoms. The van der Waals surface area contributed by atoms with Gasteiger partial charge in [-0.2, -0.15) is 4.98 Å². The van der Waals surface area contributed by atoms with E-state index in [4.69, 9.17) is 9.26 Å². The molecule has 96 valence electrons. The molecule has 2 atom stereocenters. The molecule has 0 aromatic carbocycles. The van der Waals surface area contributed by atoms with Crippen LogP contribution in [0.4, 0.5) is 0 Å². The monoisotopic (exact) mass is 239 g/mol. The van der Waals surface area contributed by atoms with Gasteiger partial charge in [-0.3, -0.25) is 0 Å². The van der Waals surface area contributed by atoms with E-state index in [9.17, 15) is 0 Å². The second kappa shape index (κ2) is 5.60. The van der Waals surface area contributed by atoms with E-state index in [1.807, 2.05) is 14.0 Å². The van der Waals surface area contributed by atoms with Crippen LogP contribution in [0.2, 0.25) is 0 Å². The molecule has 0 aliphatic heterocycles. The molecule has 1 aliphatic rings. The predicted octanol–water partition coefficient (Wildman–Crippen LogP) is 1.19. The van der Waals surface area contributed by atoms with Crippen molar-refractivity contribution in [3.63, 3.8) is 0 Å². The summed E-state index contributed by atoms with van der Waals surface area (Å²) >= 11 is 0. The van der Waals surface area contributed by atoms with E-state index in [-0.39, 0.29) is 6.10 Å². The molecule has 1 heterocycles. The number of aromatic nitrogens is 2. The Morgan fingerprint density at radius 3 is 2.82 bits per heavy atom. The summed E-state index contributed by atoms with van der Waals surface area (Å²) in [6, 6.07) is 0.475. The van der Waals surface area contributed by atoms with Gasteiger partial charge in [-0.05, 0) is 32.7 Å². The van der Waals surface area contributed by atoms with Crippen LogP contribution in [0, 0.1) is 5.92 Å². The number of likely N-dealkylation sites (N-methyl/N-ethyl adjacent to an activating group) is 1. The third-order valence-corrected chi connectivity index (χ3v) is 3.34. The zero-order chi connectivity index (χ0) is 12.3. The molecule has 0 radical (unpaired) electrons. The van der Waals surface area contributed by atoms with Crippen LogP contribution >= 0.6 is 0 Å². The summed E-state index contributed by atoms with van der Waals surface area (Å²) in [5.41, 5.74) is 0. The minimum Gasteiger partial charge on any atom is -0.381 e. The third kappa shape index (κ3) is 3.51. The van der Waals surface area contributed by atoms with Gasteiger partial charge in [0.25, 0.3) is 0 Å². The van der Waals surface area contributed by atoms with Crippen LogP contribution in [-0.2, 0) is 17.6 Å². The van der Waals surface area contributed by atoms with E-state index in [1.54, 1.807) is 7.11 Å². The van der Waals surface area contributed by atoms with Crippen molar-refractivity contribution in [1.82, 2.24) is 15.5 Å². The van der Waals surface area contributed by atoms with E-state index in [1.165, 1.54) is 12.8 Å². The number of methoxy groups -OCH3 is 1. The summed E-state index contributed by atoms with van der Waals surface area (Å²) in [5, 5.41) is 7.30. The lowest BCUT2D eigenvalue weighted by atomic mass is 10.1. The lowest BCUT2D eigenvalue weighted by Gasteiger charge is -2.11. The summed E-state index contributed by atoms with van der Waals surface area (Å²) in [6.07, 6.45) is 4.29. The second-order valence-electron chi connectivity index (χ2n) is 4.79. The topological polar surface area (TPSA) is 60.2 Å². The number of rotatable bonds is 7. The average molecular weight is 239 g/mol. The highest BCUT2D eigenvalue weighted by Crippen LogP contribution is 2.33. The van der Waals surface area contributed by atoms with Crippen molar-refractivity contribution in [1.29, 1.82) is 0 Å². The van der Waals surface area contributed by atoms with Gasteiger partial charge in [0.2, 0.25) is 5.89 Å². The molecule has 2 rings (SSSR count). The van der Waals surface area contributed by atoms with Crippen LogP contribution < -0.4 is 5.32 Å². The molecule has 1 aromatic heterocycles. The Morgan fingerprint density at radius 1 is 1.47 bits per heavy atom. The summed E-state index contributed by atoms with van der Waals surface area (Å²) in [6.45, 7) is 2.00. The van der Waals surface area contributed by atoms with Gasteiger partial charge >= 0.3 is 0 Å². The molecule has 1 N–H and O–H groups in total. The Labute approximate surface area is 102 Å². The van der Waals surface area contributed by atoms with Gasteiger partial charge < -0.3 is 14.6 Å². The normalized spacial score (nSPS) is 19.2. The first kappa shape index (κ1) is 12.5. The molecule has 0 bridgehead atoms. The van der Waals surface area contributed by atoms with Crippen LogP contribution in [0.3, 0.4) is 0 Å².